The zero-order chi connectivity index (χ0) is 13.2. The van der Waals surface area contributed by atoms with Crippen LogP contribution in [0.4, 0.5) is 0 Å². The van der Waals surface area contributed by atoms with Crippen LogP contribution in [0.5, 0.6) is 0 Å². The van der Waals surface area contributed by atoms with Gasteiger partial charge in [-0.15, -0.1) is 0 Å². The fourth-order valence-electron chi connectivity index (χ4n) is 2.46. The molecule has 1 aliphatic rings. The summed E-state index contributed by atoms with van der Waals surface area (Å²) in [5, 5.41) is 0. The Hall–Kier alpha value is -1.35. The average molecular weight is 248 g/mol. The Bertz CT molecular complexity index is 424. The first kappa shape index (κ1) is 13.1. The van der Waals surface area contributed by atoms with Crippen LogP contribution in [0, 0.1) is 6.92 Å². The molecule has 2 atom stereocenters. The number of ether oxygens (including phenoxy) is 2. The number of carbonyl (C=O) groups is 1. The highest BCUT2D eigenvalue weighted by atomic mass is 16.7. The predicted octanol–water partition coefficient (Wildman–Crippen LogP) is 2.65. The van der Waals surface area contributed by atoms with Crippen LogP contribution < -0.4 is 0 Å². The van der Waals surface area contributed by atoms with Gasteiger partial charge in [0.25, 0.3) is 0 Å². The lowest BCUT2D eigenvalue weighted by Gasteiger charge is -2.11. The smallest absolute Gasteiger partial charge is 0.338 e. The fourth-order valence-corrected chi connectivity index (χ4v) is 2.46. The van der Waals surface area contributed by atoms with E-state index in [2.05, 4.69) is 38.1 Å². The molecular formula is C15H20O3. The van der Waals surface area contributed by atoms with Crippen molar-refractivity contribution in [2.45, 2.75) is 44.8 Å². The summed E-state index contributed by atoms with van der Waals surface area (Å²) >= 11 is 0. The third-order valence-corrected chi connectivity index (χ3v) is 3.49. The molecule has 1 aromatic rings. The van der Waals surface area contributed by atoms with E-state index in [1.54, 1.807) is 0 Å². The Balaban J connectivity index is 2.09. The molecule has 0 spiro atoms. The molecule has 2 rings (SSSR count). The van der Waals surface area contributed by atoms with E-state index in [0.29, 0.717) is 0 Å². The Morgan fingerprint density at radius 1 is 1.39 bits per heavy atom. The number of benzene rings is 1. The fraction of sp³-hybridized carbons (Fsp3) is 0.533. The Kier molecular flexibility index (Phi) is 3.71. The molecule has 1 heterocycles. The second-order valence-corrected chi connectivity index (χ2v) is 5.00. The molecule has 0 N–H and O–H groups in total. The maximum absolute atomic E-state index is 11.6. The molecule has 0 aromatic heterocycles. The van der Waals surface area contributed by atoms with Gasteiger partial charge in [-0.25, -0.2) is 4.79 Å². The highest BCUT2D eigenvalue weighted by Crippen LogP contribution is 2.44. The SMILES string of the molecule is CCCC1(Cc2ccc(C)cc2)OC1C(=O)OC. The quantitative estimate of drug-likeness (QED) is 0.594. The standard InChI is InChI=1S/C15H20O3/c1-4-9-15(13(18-15)14(16)17-3)10-12-7-5-11(2)6-8-12/h5-8,13H,4,9-10H2,1-3H3. The minimum absolute atomic E-state index is 0.254. The molecule has 0 aliphatic carbocycles. The van der Waals surface area contributed by atoms with Gasteiger partial charge in [-0.2, -0.15) is 0 Å². The van der Waals surface area contributed by atoms with Crippen molar-refractivity contribution in [3.05, 3.63) is 35.4 Å². The van der Waals surface area contributed by atoms with Gasteiger partial charge >= 0.3 is 5.97 Å². The average Bonchev–Trinajstić information content (AvgIpc) is 3.06. The van der Waals surface area contributed by atoms with Gasteiger partial charge < -0.3 is 9.47 Å². The summed E-state index contributed by atoms with van der Waals surface area (Å²) in [4.78, 5) is 11.6. The maximum atomic E-state index is 11.6. The highest BCUT2D eigenvalue weighted by Gasteiger charge is 2.60. The summed E-state index contributed by atoms with van der Waals surface area (Å²) in [6, 6.07) is 8.38. The normalized spacial score (nSPS) is 25.8. The van der Waals surface area contributed by atoms with E-state index < -0.39 is 0 Å². The summed E-state index contributed by atoms with van der Waals surface area (Å²) < 4.78 is 10.4. The third kappa shape index (κ3) is 2.56. The molecular weight excluding hydrogens is 228 g/mol. The van der Waals surface area contributed by atoms with Crippen molar-refractivity contribution in [3.63, 3.8) is 0 Å². The van der Waals surface area contributed by atoms with Crippen molar-refractivity contribution in [1.29, 1.82) is 0 Å². The van der Waals surface area contributed by atoms with Gasteiger partial charge in [0, 0.05) is 6.42 Å². The Morgan fingerprint density at radius 3 is 2.61 bits per heavy atom. The van der Waals surface area contributed by atoms with E-state index in [-0.39, 0.29) is 17.7 Å². The number of hydrogen-bond acceptors (Lipinski definition) is 3. The van der Waals surface area contributed by atoms with E-state index in [9.17, 15) is 4.79 Å². The molecule has 3 heteroatoms. The third-order valence-electron chi connectivity index (χ3n) is 3.49. The number of methoxy groups -OCH3 is 1. The summed E-state index contributed by atoms with van der Waals surface area (Å²) in [6.07, 6.45) is 2.28. The summed E-state index contributed by atoms with van der Waals surface area (Å²) in [7, 11) is 1.41. The molecule has 1 fully saturated rings. The van der Waals surface area contributed by atoms with E-state index in [4.69, 9.17) is 9.47 Å². The summed E-state index contributed by atoms with van der Waals surface area (Å²) in [5.41, 5.74) is 2.11. The molecule has 1 aliphatic heterocycles. The summed E-state index contributed by atoms with van der Waals surface area (Å²) in [6.45, 7) is 4.17. The molecule has 98 valence electrons. The van der Waals surface area contributed by atoms with Crippen LogP contribution in [0.2, 0.25) is 0 Å². The maximum Gasteiger partial charge on any atom is 0.338 e. The largest absolute Gasteiger partial charge is 0.467 e. The van der Waals surface area contributed by atoms with Crippen LogP contribution in [-0.2, 0) is 20.7 Å². The molecule has 3 nitrogen and oxygen atoms in total. The van der Waals surface area contributed by atoms with Gasteiger partial charge in [0.15, 0.2) is 6.10 Å². The van der Waals surface area contributed by atoms with Crippen molar-refractivity contribution in [3.8, 4) is 0 Å². The lowest BCUT2D eigenvalue weighted by atomic mass is 9.91. The van der Waals surface area contributed by atoms with Crippen LogP contribution in [0.15, 0.2) is 24.3 Å². The van der Waals surface area contributed by atoms with Crippen molar-refractivity contribution < 1.29 is 14.3 Å². The van der Waals surface area contributed by atoms with Gasteiger partial charge in [0.05, 0.1) is 7.11 Å². The second kappa shape index (κ2) is 5.11. The monoisotopic (exact) mass is 248 g/mol. The first-order valence-electron chi connectivity index (χ1n) is 6.42. The zero-order valence-electron chi connectivity index (χ0n) is 11.2. The number of aryl methyl sites for hydroxylation is 1. The van der Waals surface area contributed by atoms with Crippen LogP contribution in [-0.4, -0.2) is 24.8 Å². The van der Waals surface area contributed by atoms with Crippen molar-refractivity contribution in [2.24, 2.45) is 0 Å². The first-order valence-corrected chi connectivity index (χ1v) is 6.42. The number of esters is 1. The Morgan fingerprint density at radius 2 is 2.06 bits per heavy atom. The molecule has 0 saturated carbocycles. The number of hydrogen-bond donors (Lipinski definition) is 0. The van der Waals surface area contributed by atoms with Gasteiger partial charge in [0.2, 0.25) is 0 Å². The minimum atomic E-state index is -0.385. The van der Waals surface area contributed by atoms with Gasteiger partial charge in [0.1, 0.15) is 5.60 Å². The van der Waals surface area contributed by atoms with Gasteiger partial charge in [-0.1, -0.05) is 43.2 Å². The van der Waals surface area contributed by atoms with E-state index in [1.165, 1.54) is 18.2 Å². The topological polar surface area (TPSA) is 38.8 Å². The lowest BCUT2D eigenvalue weighted by Crippen LogP contribution is -2.24. The lowest BCUT2D eigenvalue weighted by molar-refractivity contribution is -0.142. The molecule has 0 bridgehead atoms. The highest BCUT2D eigenvalue weighted by molar-refractivity contribution is 5.79. The predicted molar refractivity (Wildman–Crippen MR) is 69.4 cm³/mol. The van der Waals surface area contributed by atoms with Crippen molar-refractivity contribution >= 4 is 5.97 Å². The molecule has 0 amide bonds. The summed E-state index contributed by atoms with van der Waals surface area (Å²) in [5.74, 6) is -0.254. The van der Waals surface area contributed by atoms with E-state index in [1.807, 2.05) is 0 Å². The van der Waals surface area contributed by atoms with Gasteiger partial charge in [-0.3, -0.25) is 0 Å². The van der Waals surface area contributed by atoms with E-state index >= 15 is 0 Å². The number of epoxide rings is 1. The minimum Gasteiger partial charge on any atom is -0.467 e. The molecule has 1 aromatic carbocycles. The second-order valence-electron chi connectivity index (χ2n) is 5.00. The van der Waals surface area contributed by atoms with Crippen LogP contribution >= 0.6 is 0 Å². The van der Waals surface area contributed by atoms with Crippen LogP contribution in [0.1, 0.15) is 30.9 Å². The van der Waals surface area contributed by atoms with Crippen LogP contribution in [0.25, 0.3) is 0 Å². The van der Waals surface area contributed by atoms with Gasteiger partial charge in [-0.05, 0) is 18.9 Å². The van der Waals surface area contributed by atoms with E-state index in [0.717, 1.165) is 19.3 Å². The molecule has 18 heavy (non-hydrogen) atoms. The van der Waals surface area contributed by atoms with Crippen molar-refractivity contribution in [1.82, 2.24) is 0 Å². The zero-order valence-corrected chi connectivity index (χ0v) is 11.2. The molecule has 2 unspecified atom stereocenters. The molecule has 0 radical (unpaired) electrons. The van der Waals surface area contributed by atoms with Crippen LogP contribution in [0.3, 0.4) is 0 Å². The van der Waals surface area contributed by atoms with Crippen molar-refractivity contribution in [2.75, 3.05) is 7.11 Å². The first-order chi connectivity index (χ1) is 8.61. The number of carbonyl (C=O) groups excluding carboxylic acids is 1. The Labute approximate surface area is 108 Å². The number of rotatable bonds is 5. The molecule has 1 saturated heterocycles.